The minimum absolute atomic E-state index is 0.613. The van der Waals surface area contributed by atoms with E-state index in [0.717, 1.165) is 19.5 Å². The summed E-state index contributed by atoms with van der Waals surface area (Å²) in [4.78, 5) is 4.29. The fourth-order valence-corrected chi connectivity index (χ4v) is 1.62. The molecule has 0 unspecified atom stereocenters. The van der Waals surface area contributed by atoms with Gasteiger partial charge in [0, 0.05) is 39.0 Å². The summed E-state index contributed by atoms with van der Waals surface area (Å²) in [6.45, 7) is 4.55. The van der Waals surface area contributed by atoms with Crippen molar-refractivity contribution in [3.8, 4) is 0 Å². The standard InChI is InChI=1S/C11H19N3/c1-11(4-5-11)9-12-6-3-10-13-7-8-14(10)2/h7-8,12H,3-6,9H2,1-2H3. The quantitative estimate of drug-likeness (QED) is 0.715. The molecule has 78 valence electrons. The van der Waals surface area contributed by atoms with Gasteiger partial charge >= 0.3 is 0 Å². The van der Waals surface area contributed by atoms with Crippen molar-refractivity contribution in [3.05, 3.63) is 18.2 Å². The number of nitrogens with zero attached hydrogens (tertiary/aromatic N) is 2. The number of aryl methyl sites for hydroxylation is 1. The van der Waals surface area contributed by atoms with Crippen LogP contribution >= 0.6 is 0 Å². The molecule has 0 atom stereocenters. The Bertz CT molecular complexity index is 299. The van der Waals surface area contributed by atoms with Crippen LogP contribution in [0.4, 0.5) is 0 Å². The molecule has 1 N–H and O–H groups in total. The van der Waals surface area contributed by atoms with Crippen molar-refractivity contribution < 1.29 is 0 Å². The molecule has 0 amide bonds. The van der Waals surface area contributed by atoms with Crippen molar-refractivity contribution in [1.29, 1.82) is 0 Å². The molecular formula is C11H19N3. The average Bonchev–Trinajstić information content (AvgIpc) is 2.74. The van der Waals surface area contributed by atoms with Crippen LogP contribution in [0.1, 0.15) is 25.6 Å². The lowest BCUT2D eigenvalue weighted by Gasteiger charge is -2.09. The second kappa shape index (κ2) is 3.73. The van der Waals surface area contributed by atoms with Crippen LogP contribution in [0.3, 0.4) is 0 Å². The molecular weight excluding hydrogens is 174 g/mol. The lowest BCUT2D eigenvalue weighted by Crippen LogP contribution is -2.24. The normalized spacial score (nSPS) is 18.4. The highest BCUT2D eigenvalue weighted by molar-refractivity contribution is 4.93. The van der Waals surface area contributed by atoms with Crippen molar-refractivity contribution in [3.63, 3.8) is 0 Å². The predicted octanol–water partition coefficient (Wildman–Crippen LogP) is 1.35. The maximum Gasteiger partial charge on any atom is 0.109 e. The zero-order chi connectivity index (χ0) is 10.0. The first-order valence-electron chi connectivity index (χ1n) is 5.37. The molecule has 3 heteroatoms. The highest BCUT2D eigenvalue weighted by Gasteiger charge is 2.36. The predicted molar refractivity (Wildman–Crippen MR) is 57.1 cm³/mol. The molecule has 1 heterocycles. The van der Waals surface area contributed by atoms with E-state index in [1.165, 1.54) is 18.7 Å². The molecule has 2 rings (SSSR count). The van der Waals surface area contributed by atoms with Gasteiger partial charge < -0.3 is 9.88 Å². The molecule has 0 aliphatic heterocycles. The Labute approximate surface area is 85.5 Å². The average molecular weight is 193 g/mol. The van der Waals surface area contributed by atoms with E-state index in [0.29, 0.717) is 5.41 Å². The Morgan fingerprint density at radius 2 is 2.36 bits per heavy atom. The Morgan fingerprint density at radius 1 is 1.57 bits per heavy atom. The minimum atomic E-state index is 0.613. The largest absolute Gasteiger partial charge is 0.338 e. The summed E-state index contributed by atoms with van der Waals surface area (Å²) in [5.74, 6) is 1.17. The van der Waals surface area contributed by atoms with Crippen LogP contribution in [0.5, 0.6) is 0 Å². The van der Waals surface area contributed by atoms with Gasteiger partial charge in [0.05, 0.1) is 0 Å². The molecule has 14 heavy (non-hydrogen) atoms. The minimum Gasteiger partial charge on any atom is -0.338 e. The second-order valence-electron chi connectivity index (χ2n) is 4.69. The summed E-state index contributed by atoms with van der Waals surface area (Å²) in [5.41, 5.74) is 0.613. The van der Waals surface area contributed by atoms with Gasteiger partial charge in [-0.1, -0.05) is 6.92 Å². The van der Waals surface area contributed by atoms with E-state index in [2.05, 4.69) is 21.8 Å². The molecule has 1 saturated carbocycles. The number of nitrogens with one attached hydrogen (secondary N) is 1. The van der Waals surface area contributed by atoms with Gasteiger partial charge in [-0.05, 0) is 18.3 Å². The molecule has 1 fully saturated rings. The fourth-order valence-electron chi connectivity index (χ4n) is 1.62. The Balaban J connectivity index is 1.66. The first kappa shape index (κ1) is 9.71. The zero-order valence-electron chi connectivity index (χ0n) is 9.08. The monoisotopic (exact) mass is 193 g/mol. The number of aromatic nitrogens is 2. The maximum atomic E-state index is 4.29. The molecule has 0 bridgehead atoms. The van der Waals surface area contributed by atoms with Gasteiger partial charge in [-0.25, -0.2) is 4.98 Å². The van der Waals surface area contributed by atoms with Crippen molar-refractivity contribution in [2.45, 2.75) is 26.2 Å². The molecule has 1 aliphatic rings. The molecule has 3 nitrogen and oxygen atoms in total. The zero-order valence-corrected chi connectivity index (χ0v) is 9.08. The van der Waals surface area contributed by atoms with Crippen LogP contribution < -0.4 is 5.32 Å². The lowest BCUT2D eigenvalue weighted by molar-refractivity contribution is 0.498. The van der Waals surface area contributed by atoms with Crippen molar-refractivity contribution in [2.24, 2.45) is 12.5 Å². The first-order valence-corrected chi connectivity index (χ1v) is 5.37. The second-order valence-corrected chi connectivity index (χ2v) is 4.69. The van der Waals surface area contributed by atoms with Gasteiger partial charge in [0.25, 0.3) is 0 Å². The summed E-state index contributed by atoms with van der Waals surface area (Å²) in [6.07, 6.45) is 7.67. The Morgan fingerprint density at radius 3 is 2.93 bits per heavy atom. The summed E-state index contributed by atoms with van der Waals surface area (Å²) in [7, 11) is 2.05. The Kier molecular flexibility index (Phi) is 2.59. The van der Waals surface area contributed by atoms with Crippen LogP contribution in [-0.2, 0) is 13.5 Å². The van der Waals surface area contributed by atoms with Crippen LogP contribution in [0.25, 0.3) is 0 Å². The number of rotatable bonds is 5. The topological polar surface area (TPSA) is 29.9 Å². The third kappa shape index (κ3) is 2.35. The van der Waals surface area contributed by atoms with Crippen LogP contribution in [0, 0.1) is 5.41 Å². The highest BCUT2D eigenvalue weighted by atomic mass is 15.0. The highest BCUT2D eigenvalue weighted by Crippen LogP contribution is 2.43. The first-order chi connectivity index (χ1) is 6.70. The van der Waals surface area contributed by atoms with Gasteiger partial charge in [0.15, 0.2) is 0 Å². The van der Waals surface area contributed by atoms with Gasteiger partial charge in [0.1, 0.15) is 5.82 Å². The van der Waals surface area contributed by atoms with E-state index in [-0.39, 0.29) is 0 Å². The smallest absolute Gasteiger partial charge is 0.109 e. The van der Waals surface area contributed by atoms with Gasteiger partial charge in [-0.15, -0.1) is 0 Å². The van der Waals surface area contributed by atoms with Crippen LogP contribution in [0.2, 0.25) is 0 Å². The van der Waals surface area contributed by atoms with E-state index in [1.54, 1.807) is 0 Å². The molecule has 1 aromatic heterocycles. The van der Waals surface area contributed by atoms with Crippen molar-refractivity contribution >= 4 is 0 Å². The summed E-state index contributed by atoms with van der Waals surface area (Å²) < 4.78 is 2.08. The molecule has 0 aromatic carbocycles. The van der Waals surface area contributed by atoms with Gasteiger partial charge in [0.2, 0.25) is 0 Å². The maximum absolute atomic E-state index is 4.29. The van der Waals surface area contributed by atoms with Crippen LogP contribution in [0.15, 0.2) is 12.4 Å². The molecule has 1 aliphatic carbocycles. The van der Waals surface area contributed by atoms with E-state index >= 15 is 0 Å². The third-order valence-electron chi connectivity index (χ3n) is 3.10. The lowest BCUT2D eigenvalue weighted by atomic mass is 10.1. The van der Waals surface area contributed by atoms with E-state index in [1.807, 2.05) is 19.4 Å². The van der Waals surface area contributed by atoms with Crippen molar-refractivity contribution in [2.75, 3.05) is 13.1 Å². The number of hydrogen-bond donors (Lipinski definition) is 1. The molecule has 0 saturated heterocycles. The summed E-state index contributed by atoms with van der Waals surface area (Å²) >= 11 is 0. The van der Waals surface area contributed by atoms with Gasteiger partial charge in [-0.2, -0.15) is 0 Å². The number of imidazole rings is 1. The molecule has 0 radical (unpaired) electrons. The summed E-state index contributed by atoms with van der Waals surface area (Å²) in [5, 5.41) is 3.50. The SMILES string of the molecule is Cn1ccnc1CCNCC1(C)CC1. The van der Waals surface area contributed by atoms with Gasteiger partial charge in [-0.3, -0.25) is 0 Å². The number of hydrogen-bond acceptors (Lipinski definition) is 2. The molecule has 1 aromatic rings. The van der Waals surface area contributed by atoms with E-state index in [4.69, 9.17) is 0 Å². The Hall–Kier alpha value is -0.830. The van der Waals surface area contributed by atoms with E-state index < -0.39 is 0 Å². The fraction of sp³-hybridized carbons (Fsp3) is 0.727. The van der Waals surface area contributed by atoms with Crippen LogP contribution in [-0.4, -0.2) is 22.6 Å². The van der Waals surface area contributed by atoms with E-state index in [9.17, 15) is 0 Å². The van der Waals surface area contributed by atoms with Crippen molar-refractivity contribution in [1.82, 2.24) is 14.9 Å². The molecule has 0 spiro atoms. The third-order valence-corrected chi connectivity index (χ3v) is 3.10. The summed E-state index contributed by atoms with van der Waals surface area (Å²) in [6, 6.07) is 0.